The van der Waals surface area contributed by atoms with Crippen LogP contribution in [0.4, 0.5) is 5.82 Å². The molecule has 3 rings (SSSR count). The third kappa shape index (κ3) is 3.10. The Morgan fingerprint density at radius 2 is 2.09 bits per heavy atom. The molecule has 1 aliphatic heterocycles. The number of aryl methyl sites for hydroxylation is 2. The molecule has 0 unspecified atom stereocenters. The average Bonchev–Trinajstić information content (AvgIpc) is 3.07. The first-order chi connectivity index (χ1) is 10.9. The Morgan fingerprint density at radius 3 is 2.74 bits per heavy atom. The van der Waals surface area contributed by atoms with Crippen molar-refractivity contribution in [1.29, 1.82) is 0 Å². The molecular weight excluding hydrogens is 306 g/mol. The summed E-state index contributed by atoms with van der Waals surface area (Å²) in [6, 6.07) is 2.04. The minimum atomic E-state index is -0.104. The molecule has 1 atom stereocenters. The van der Waals surface area contributed by atoms with Gasteiger partial charge in [0.05, 0.1) is 16.7 Å². The first-order valence-corrected chi connectivity index (χ1v) is 8.95. The molecule has 3 heterocycles. The van der Waals surface area contributed by atoms with Crippen molar-refractivity contribution in [3.63, 3.8) is 0 Å². The van der Waals surface area contributed by atoms with Gasteiger partial charge in [-0.05, 0) is 40.2 Å². The van der Waals surface area contributed by atoms with E-state index in [0.717, 1.165) is 42.5 Å². The summed E-state index contributed by atoms with van der Waals surface area (Å²) in [6.45, 7) is 8.44. The third-order valence-electron chi connectivity index (χ3n) is 4.75. The van der Waals surface area contributed by atoms with Crippen LogP contribution in [-0.2, 0) is 12.1 Å². The monoisotopic (exact) mass is 331 g/mol. The minimum absolute atomic E-state index is 0.104. The van der Waals surface area contributed by atoms with Gasteiger partial charge in [0.2, 0.25) is 0 Å². The Labute approximate surface area is 142 Å². The van der Waals surface area contributed by atoms with Crippen LogP contribution in [0.15, 0.2) is 11.6 Å². The van der Waals surface area contributed by atoms with Crippen molar-refractivity contribution in [3.05, 3.63) is 33.7 Å². The summed E-state index contributed by atoms with van der Waals surface area (Å²) in [7, 11) is 4.06. The lowest BCUT2D eigenvalue weighted by Gasteiger charge is -2.34. The molecule has 5 nitrogen and oxygen atoms in total. The summed E-state index contributed by atoms with van der Waals surface area (Å²) in [5.41, 5.74) is 4.00. The molecule has 1 fully saturated rings. The summed E-state index contributed by atoms with van der Waals surface area (Å²) in [4.78, 5) is 19.9. The average molecular weight is 331 g/mol. The molecule has 1 aliphatic rings. The molecule has 0 radical (unpaired) electrons. The molecule has 0 N–H and O–H groups in total. The Hall–Kier alpha value is -1.53. The van der Waals surface area contributed by atoms with E-state index in [2.05, 4.69) is 23.7 Å². The van der Waals surface area contributed by atoms with E-state index in [1.54, 1.807) is 11.3 Å². The molecular formula is C17H25N5S. The second kappa shape index (κ2) is 6.17. The molecule has 0 aliphatic carbocycles. The Morgan fingerprint density at radius 1 is 1.30 bits per heavy atom. The highest BCUT2D eigenvalue weighted by molar-refractivity contribution is 7.09. The number of thiazole rings is 1. The lowest BCUT2D eigenvalue weighted by Crippen LogP contribution is -2.40. The number of rotatable bonds is 4. The van der Waals surface area contributed by atoms with Gasteiger partial charge in [-0.15, -0.1) is 11.3 Å². The molecule has 0 aromatic carbocycles. The van der Waals surface area contributed by atoms with Gasteiger partial charge in [0.25, 0.3) is 0 Å². The largest absolute Gasteiger partial charge is 0.363 e. The van der Waals surface area contributed by atoms with E-state index >= 15 is 0 Å². The van der Waals surface area contributed by atoms with Crippen LogP contribution in [0.1, 0.15) is 41.9 Å². The van der Waals surface area contributed by atoms with Gasteiger partial charge in [-0.1, -0.05) is 0 Å². The Bertz CT molecular complexity index is 696. The zero-order valence-electron chi connectivity index (χ0n) is 14.6. The molecule has 1 saturated heterocycles. The lowest BCUT2D eigenvalue weighted by atomic mass is 9.97. The van der Waals surface area contributed by atoms with E-state index in [4.69, 9.17) is 9.97 Å². The van der Waals surface area contributed by atoms with Crippen molar-refractivity contribution in [1.82, 2.24) is 19.9 Å². The fourth-order valence-corrected chi connectivity index (χ4v) is 3.99. The standard InChI is InChI=1S/C17H25N5S/c1-12-9-15(21(4)5)20-16(19-12)17(3)7-6-8-22(17)10-14-13(2)18-11-23-14/h9,11H,6-8,10H2,1-5H3/t17-/m1/s1. The molecule has 124 valence electrons. The van der Waals surface area contributed by atoms with Crippen LogP contribution in [-0.4, -0.2) is 40.5 Å². The summed E-state index contributed by atoms with van der Waals surface area (Å²) < 4.78 is 0. The fourth-order valence-electron chi connectivity index (χ4n) is 3.20. The number of aromatic nitrogens is 3. The lowest BCUT2D eigenvalue weighted by molar-refractivity contribution is 0.138. The molecule has 0 saturated carbocycles. The van der Waals surface area contributed by atoms with Gasteiger partial charge >= 0.3 is 0 Å². The van der Waals surface area contributed by atoms with Crippen molar-refractivity contribution in [3.8, 4) is 0 Å². The highest BCUT2D eigenvalue weighted by Gasteiger charge is 2.41. The molecule has 2 aromatic rings. The van der Waals surface area contributed by atoms with Crippen molar-refractivity contribution >= 4 is 17.2 Å². The smallest absolute Gasteiger partial charge is 0.150 e. The highest BCUT2D eigenvalue weighted by Crippen LogP contribution is 2.39. The van der Waals surface area contributed by atoms with Crippen LogP contribution in [0.25, 0.3) is 0 Å². The SMILES string of the molecule is Cc1cc(N(C)C)nc([C@@]2(C)CCCN2Cc2scnc2C)n1. The third-order valence-corrected chi connectivity index (χ3v) is 5.67. The Balaban J connectivity index is 1.94. The van der Waals surface area contributed by atoms with E-state index < -0.39 is 0 Å². The topological polar surface area (TPSA) is 45.2 Å². The summed E-state index contributed by atoms with van der Waals surface area (Å²) in [5.74, 6) is 1.93. The van der Waals surface area contributed by atoms with Crippen LogP contribution >= 0.6 is 11.3 Å². The van der Waals surface area contributed by atoms with Gasteiger partial charge in [-0.3, -0.25) is 4.90 Å². The zero-order valence-corrected chi connectivity index (χ0v) is 15.4. The Kier molecular flexibility index (Phi) is 4.38. The molecule has 6 heteroatoms. The van der Waals surface area contributed by atoms with Crippen molar-refractivity contribution in [2.24, 2.45) is 0 Å². The minimum Gasteiger partial charge on any atom is -0.363 e. The van der Waals surface area contributed by atoms with Crippen LogP contribution in [0.2, 0.25) is 0 Å². The van der Waals surface area contributed by atoms with E-state index in [-0.39, 0.29) is 5.54 Å². The molecule has 23 heavy (non-hydrogen) atoms. The van der Waals surface area contributed by atoms with Crippen molar-refractivity contribution in [2.45, 2.75) is 45.7 Å². The zero-order chi connectivity index (χ0) is 16.6. The number of likely N-dealkylation sites (tertiary alicyclic amines) is 1. The van der Waals surface area contributed by atoms with Gasteiger partial charge in [0.1, 0.15) is 5.82 Å². The number of nitrogens with zero attached hydrogens (tertiary/aromatic N) is 5. The maximum atomic E-state index is 4.85. The molecule has 2 aromatic heterocycles. The molecule has 0 amide bonds. The van der Waals surface area contributed by atoms with E-state index in [9.17, 15) is 0 Å². The molecule has 0 bridgehead atoms. The van der Waals surface area contributed by atoms with Crippen molar-refractivity contribution in [2.75, 3.05) is 25.5 Å². The van der Waals surface area contributed by atoms with Crippen LogP contribution in [0.3, 0.4) is 0 Å². The number of hydrogen-bond donors (Lipinski definition) is 0. The van der Waals surface area contributed by atoms with Gasteiger partial charge in [-0.2, -0.15) is 0 Å². The normalized spacial score (nSPS) is 21.8. The second-order valence-electron chi connectivity index (χ2n) is 6.75. The van der Waals surface area contributed by atoms with E-state index in [1.165, 1.54) is 11.3 Å². The number of hydrogen-bond acceptors (Lipinski definition) is 6. The highest BCUT2D eigenvalue weighted by atomic mass is 32.1. The van der Waals surface area contributed by atoms with Gasteiger partial charge in [-0.25, -0.2) is 15.0 Å². The summed E-state index contributed by atoms with van der Waals surface area (Å²) in [5, 5.41) is 0. The molecule has 0 spiro atoms. The second-order valence-corrected chi connectivity index (χ2v) is 7.68. The van der Waals surface area contributed by atoms with Crippen molar-refractivity contribution < 1.29 is 0 Å². The number of anilines is 1. The predicted octanol–water partition coefficient (Wildman–Crippen LogP) is 3.13. The first-order valence-electron chi connectivity index (χ1n) is 8.07. The van der Waals surface area contributed by atoms with Crippen LogP contribution < -0.4 is 4.90 Å². The van der Waals surface area contributed by atoms with Crippen LogP contribution in [0.5, 0.6) is 0 Å². The van der Waals surface area contributed by atoms with Gasteiger partial charge in [0.15, 0.2) is 5.82 Å². The quantitative estimate of drug-likeness (QED) is 0.861. The van der Waals surface area contributed by atoms with Crippen LogP contribution in [0, 0.1) is 13.8 Å². The maximum Gasteiger partial charge on any atom is 0.150 e. The maximum absolute atomic E-state index is 4.85. The van der Waals surface area contributed by atoms with E-state index in [0.29, 0.717) is 0 Å². The van der Waals surface area contributed by atoms with E-state index in [1.807, 2.05) is 37.5 Å². The predicted molar refractivity (Wildman–Crippen MR) is 94.9 cm³/mol. The fraction of sp³-hybridized carbons (Fsp3) is 0.588. The summed E-state index contributed by atoms with van der Waals surface area (Å²) in [6.07, 6.45) is 2.28. The van der Waals surface area contributed by atoms with Gasteiger partial charge < -0.3 is 4.90 Å². The first kappa shape index (κ1) is 16.3. The van der Waals surface area contributed by atoms with Gasteiger partial charge in [0, 0.05) is 37.3 Å². The summed E-state index contributed by atoms with van der Waals surface area (Å²) >= 11 is 1.74.